The molecule has 0 bridgehead atoms. The minimum Gasteiger partial charge on any atom is -0.316 e. The number of nitrogens with zero attached hydrogens (tertiary/aromatic N) is 5. The fraction of sp³-hybridized carbons (Fsp3) is 0.213. The Hall–Kier alpha value is -6.35. The first-order chi connectivity index (χ1) is 25.5. The average Bonchev–Trinajstić information content (AvgIpc) is 3.68. The summed E-state index contributed by atoms with van der Waals surface area (Å²) in [6, 6.07) is 36.8. The predicted octanol–water partition coefficient (Wildman–Crippen LogP) is 10.5. The molecule has 3 unspecified atom stereocenters. The molecule has 3 aliphatic carbocycles. The number of para-hydroxylation sites is 2. The summed E-state index contributed by atoms with van der Waals surface area (Å²) in [5.41, 5.74) is 15.9. The van der Waals surface area contributed by atoms with Gasteiger partial charge in [-0.15, -0.1) is 0 Å². The molecule has 5 nitrogen and oxygen atoms in total. The SMILES string of the molecule is CC1C=Cc2c3c(n(-c4cc(-c5ccc(-c6cccc(C#N)c6-n6c7c(c8ccccc86)C=CC(C)C7)cc5)ccc4C#N)c2C1)CCC(C#N)C3. The van der Waals surface area contributed by atoms with Crippen LogP contribution in [0.5, 0.6) is 0 Å². The van der Waals surface area contributed by atoms with Crippen molar-refractivity contribution in [2.24, 2.45) is 17.8 Å². The van der Waals surface area contributed by atoms with Crippen LogP contribution in [-0.4, -0.2) is 9.13 Å². The highest BCUT2D eigenvalue weighted by atomic mass is 15.0. The number of allylic oxidation sites excluding steroid dienone is 2. The zero-order valence-electron chi connectivity index (χ0n) is 29.4. The highest BCUT2D eigenvalue weighted by Crippen LogP contribution is 2.42. The van der Waals surface area contributed by atoms with Gasteiger partial charge in [0.25, 0.3) is 0 Å². The Labute approximate surface area is 304 Å². The van der Waals surface area contributed by atoms with Gasteiger partial charge in [0.1, 0.15) is 12.1 Å². The van der Waals surface area contributed by atoms with E-state index in [1.54, 1.807) is 0 Å². The van der Waals surface area contributed by atoms with Crippen molar-refractivity contribution in [3.8, 4) is 51.8 Å². The third-order valence-electron chi connectivity index (χ3n) is 11.4. The van der Waals surface area contributed by atoms with Crippen LogP contribution in [0.3, 0.4) is 0 Å². The summed E-state index contributed by atoms with van der Waals surface area (Å²) >= 11 is 0. The van der Waals surface area contributed by atoms with Crippen molar-refractivity contribution in [2.75, 3.05) is 0 Å². The smallest absolute Gasteiger partial charge is 0.101 e. The summed E-state index contributed by atoms with van der Waals surface area (Å²) in [6.45, 7) is 4.48. The second-order valence-electron chi connectivity index (χ2n) is 14.7. The fourth-order valence-corrected chi connectivity index (χ4v) is 8.86. The lowest BCUT2D eigenvalue weighted by Gasteiger charge is -2.22. The third kappa shape index (κ3) is 4.95. The molecule has 3 atom stereocenters. The number of aromatic nitrogens is 2. The van der Waals surface area contributed by atoms with E-state index in [4.69, 9.17) is 0 Å². The molecule has 0 amide bonds. The van der Waals surface area contributed by atoms with Crippen LogP contribution in [0.2, 0.25) is 0 Å². The average molecular weight is 672 g/mol. The normalized spacial score (nSPS) is 18.6. The minimum absolute atomic E-state index is 0.0249. The molecule has 0 aliphatic heterocycles. The van der Waals surface area contributed by atoms with E-state index in [0.717, 1.165) is 71.2 Å². The van der Waals surface area contributed by atoms with E-state index in [-0.39, 0.29) is 5.92 Å². The van der Waals surface area contributed by atoms with Gasteiger partial charge in [-0.25, -0.2) is 0 Å². The molecule has 52 heavy (non-hydrogen) atoms. The van der Waals surface area contributed by atoms with Gasteiger partial charge in [-0.3, -0.25) is 0 Å². The lowest BCUT2D eigenvalue weighted by Crippen LogP contribution is -2.15. The fourth-order valence-electron chi connectivity index (χ4n) is 8.86. The summed E-state index contributed by atoms with van der Waals surface area (Å²) in [5.74, 6) is 0.827. The van der Waals surface area contributed by atoms with E-state index < -0.39 is 0 Å². The Morgan fingerprint density at radius 3 is 2.08 bits per heavy atom. The molecular formula is C47H37N5. The number of nitriles is 3. The topological polar surface area (TPSA) is 81.2 Å². The lowest BCUT2D eigenvalue weighted by atomic mass is 9.85. The largest absolute Gasteiger partial charge is 0.316 e. The van der Waals surface area contributed by atoms with Crippen LogP contribution < -0.4 is 0 Å². The standard InChI is InChI=1S/C47H37N5/c1-29-11-20-40-41-24-31(26-48)12-21-43(41)51(45(40)22-29)44-25-34(17-18-35(44)27-49)32-13-15-33(16-14-32)37-8-5-6-36(28-50)47(37)52-42-9-4-3-7-38(42)39-19-10-30(2)23-46(39)52/h3-11,13-20,25,29-31H,12,21-24H2,1-2H3. The van der Waals surface area contributed by atoms with Gasteiger partial charge in [-0.2, -0.15) is 15.8 Å². The summed E-state index contributed by atoms with van der Waals surface area (Å²) < 4.78 is 4.68. The zero-order valence-corrected chi connectivity index (χ0v) is 29.4. The summed E-state index contributed by atoms with van der Waals surface area (Å²) in [7, 11) is 0. The van der Waals surface area contributed by atoms with E-state index in [1.165, 1.54) is 39.2 Å². The first-order valence-electron chi connectivity index (χ1n) is 18.3. The van der Waals surface area contributed by atoms with Crippen LogP contribution in [0, 0.1) is 51.7 Å². The van der Waals surface area contributed by atoms with E-state index in [0.29, 0.717) is 23.0 Å². The predicted molar refractivity (Wildman–Crippen MR) is 208 cm³/mol. The van der Waals surface area contributed by atoms with Crippen molar-refractivity contribution in [1.29, 1.82) is 15.8 Å². The Morgan fingerprint density at radius 1 is 0.635 bits per heavy atom. The zero-order chi connectivity index (χ0) is 35.5. The highest BCUT2D eigenvalue weighted by molar-refractivity contribution is 5.95. The van der Waals surface area contributed by atoms with Crippen molar-refractivity contribution in [1.82, 2.24) is 9.13 Å². The monoisotopic (exact) mass is 671 g/mol. The maximum atomic E-state index is 10.4. The first kappa shape index (κ1) is 31.6. The number of rotatable bonds is 4. The molecular weight excluding hydrogens is 635 g/mol. The minimum atomic E-state index is 0.0249. The molecule has 0 saturated heterocycles. The highest BCUT2D eigenvalue weighted by Gasteiger charge is 2.31. The molecule has 9 rings (SSSR count). The van der Waals surface area contributed by atoms with Gasteiger partial charge < -0.3 is 9.13 Å². The van der Waals surface area contributed by atoms with Crippen LogP contribution in [0.25, 0.3) is 56.7 Å². The summed E-state index contributed by atoms with van der Waals surface area (Å²) in [4.78, 5) is 0. The van der Waals surface area contributed by atoms with Gasteiger partial charge in [0, 0.05) is 33.6 Å². The molecule has 3 aliphatic rings. The second kappa shape index (κ2) is 12.5. The molecule has 0 radical (unpaired) electrons. The molecule has 4 aromatic carbocycles. The van der Waals surface area contributed by atoms with Crippen molar-refractivity contribution in [3.63, 3.8) is 0 Å². The maximum Gasteiger partial charge on any atom is 0.101 e. The maximum absolute atomic E-state index is 10.4. The number of benzene rings is 4. The molecule has 0 spiro atoms. The van der Waals surface area contributed by atoms with Gasteiger partial charge in [0.2, 0.25) is 0 Å². The Morgan fingerprint density at radius 2 is 1.33 bits per heavy atom. The molecule has 5 heteroatoms. The van der Waals surface area contributed by atoms with Crippen molar-refractivity contribution in [3.05, 3.63) is 142 Å². The van der Waals surface area contributed by atoms with E-state index in [1.807, 2.05) is 24.3 Å². The van der Waals surface area contributed by atoms with Crippen molar-refractivity contribution < 1.29 is 0 Å². The molecule has 2 heterocycles. The van der Waals surface area contributed by atoms with E-state index in [9.17, 15) is 15.8 Å². The van der Waals surface area contributed by atoms with E-state index in [2.05, 4.69) is 126 Å². The van der Waals surface area contributed by atoms with Crippen LogP contribution in [0.4, 0.5) is 0 Å². The number of hydrogen-bond acceptors (Lipinski definition) is 3. The quantitative estimate of drug-likeness (QED) is 0.187. The molecule has 0 fully saturated rings. The first-order valence-corrected chi connectivity index (χ1v) is 18.3. The Bertz CT molecular complexity index is 2620. The van der Waals surface area contributed by atoms with Gasteiger partial charge in [-0.1, -0.05) is 98.8 Å². The number of hydrogen-bond donors (Lipinski definition) is 0. The van der Waals surface area contributed by atoms with Gasteiger partial charge in [-0.05, 0) is 96.0 Å². The molecule has 0 saturated carbocycles. The second-order valence-corrected chi connectivity index (χ2v) is 14.7. The van der Waals surface area contributed by atoms with E-state index >= 15 is 0 Å². The molecule has 2 aromatic heterocycles. The van der Waals surface area contributed by atoms with Crippen molar-refractivity contribution >= 4 is 23.1 Å². The van der Waals surface area contributed by atoms with Gasteiger partial charge in [0.05, 0.1) is 40.0 Å². The molecule has 250 valence electrons. The van der Waals surface area contributed by atoms with Crippen LogP contribution in [0.1, 0.15) is 65.2 Å². The summed E-state index contributed by atoms with van der Waals surface area (Å²) in [6.07, 6.45) is 13.3. The molecule has 0 N–H and O–H groups in total. The Balaban J connectivity index is 1.16. The third-order valence-corrected chi connectivity index (χ3v) is 11.4. The number of fused-ring (bicyclic) bond motifs is 6. The lowest BCUT2D eigenvalue weighted by molar-refractivity contribution is 0.552. The molecule has 6 aromatic rings. The van der Waals surface area contributed by atoms with Crippen LogP contribution >= 0.6 is 0 Å². The van der Waals surface area contributed by atoms with Crippen LogP contribution in [-0.2, 0) is 25.7 Å². The van der Waals surface area contributed by atoms with Crippen LogP contribution in [0.15, 0.2) is 97.1 Å². The summed E-state index contributed by atoms with van der Waals surface area (Å²) in [5, 5.41) is 31.7. The Kier molecular flexibility index (Phi) is 7.57. The van der Waals surface area contributed by atoms with Gasteiger partial charge >= 0.3 is 0 Å². The van der Waals surface area contributed by atoms with Crippen molar-refractivity contribution in [2.45, 2.75) is 46.0 Å². The van der Waals surface area contributed by atoms with Gasteiger partial charge in [0.15, 0.2) is 0 Å².